The van der Waals surface area contributed by atoms with Gasteiger partial charge in [0.1, 0.15) is 6.54 Å². The van der Waals surface area contributed by atoms with E-state index in [1.807, 2.05) is 12.1 Å². The minimum Gasteiger partial charge on any atom is -0.493 e. The molecule has 0 unspecified atom stereocenters. The summed E-state index contributed by atoms with van der Waals surface area (Å²) in [5.74, 6) is 0.689. The van der Waals surface area contributed by atoms with Gasteiger partial charge in [-0.05, 0) is 36.4 Å². The third-order valence-electron chi connectivity index (χ3n) is 5.22. The lowest BCUT2D eigenvalue weighted by Crippen LogP contribution is -2.27. The van der Waals surface area contributed by atoms with Gasteiger partial charge in [-0.1, -0.05) is 41.4 Å². The number of carbonyl (C=O) groups excluding carboxylic acids is 1. The molecular weight excluding hydrogens is 465 g/mol. The number of nitrogen functional groups attached to an aromatic ring is 1. The molecule has 0 spiro atoms. The number of hydrogen-bond acceptors (Lipinski definition) is 6. The maximum Gasteiger partial charge on any atom is 0.275 e. The van der Waals surface area contributed by atoms with Gasteiger partial charge in [0.2, 0.25) is 0 Å². The number of benzene rings is 3. The van der Waals surface area contributed by atoms with Crippen LogP contribution in [0.1, 0.15) is 10.4 Å². The monoisotopic (exact) mass is 483 g/mol. The fourth-order valence-corrected chi connectivity index (χ4v) is 4.00. The molecule has 0 aliphatic heterocycles. The van der Waals surface area contributed by atoms with Crippen LogP contribution in [0.2, 0.25) is 10.0 Å². The number of fused-ring (bicyclic) bond motifs is 1. The lowest BCUT2D eigenvalue weighted by atomic mass is 10.0. The van der Waals surface area contributed by atoms with Crippen LogP contribution >= 0.6 is 23.2 Å². The number of aromatic nitrogens is 2. The Labute approximate surface area is 199 Å². The van der Waals surface area contributed by atoms with Crippen molar-refractivity contribution in [3.05, 3.63) is 80.6 Å². The van der Waals surface area contributed by atoms with Crippen LogP contribution in [0.25, 0.3) is 22.0 Å². The van der Waals surface area contributed by atoms with E-state index in [0.717, 1.165) is 4.68 Å². The van der Waals surface area contributed by atoms with Crippen molar-refractivity contribution < 1.29 is 14.3 Å². The molecule has 9 heteroatoms. The third kappa shape index (κ3) is 4.25. The first-order valence-electron chi connectivity index (χ1n) is 9.84. The van der Waals surface area contributed by atoms with E-state index in [1.54, 1.807) is 37.4 Å². The Bertz CT molecular complexity index is 1430. The van der Waals surface area contributed by atoms with E-state index >= 15 is 0 Å². The number of methoxy groups -OCH3 is 2. The van der Waals surface area contributed by atoms with Gasteiger partial charge in [0, 0.05) is 16.5 Å². The highest BCUT2D eigenvalue weighted by atomic mass is 35.5. The van der Waals surface area contributed by atoms with Crippen LogP contribution in [0, 0.1) is 0 Å². The lowest BCUT2D eigenvalue weighted by molar-refractivity contribution is 0.0966. The molecule has 168 valence electrons. The van der Waals surface area contributed by atoms with E-state index < -0.39 is 5.56 Å². The first-order chi connectivity index (χ1) is 15.8. The van der Waals surface area contributed by atoms with Crippen molar-refractivity contribution in [2.45, 2.75) is 6.54 Å². The van der Waals surface area contributed by atoms with E-state index in [1.165, 1.54) is 19.2 Å². The molecule has 4 aromatic rings. The van der Waals surface area contributed by atoms with Crippen molar-refractivity contribution in [3.63, 3.8) is 0 Å². The summed E-state index contributed by atoms with van der Waals surface area (Å²) < 4.78 is 11.9. The van der Waals surface area contributed by atoms with Crippen molar-refractivity contribution >= 4 is 45.4 Å². The highest BCUT2D eigenvalue weighted by molar-refractivity contribution is 6.39. The Kier molecular flexibility index (Phi) is 6.26. The topological polar surface area (TPSA) is 96.4 Å². The average molecular weight is 484 g/mol. The maximum atomic E-state index is 13.1. The van der Waals surface area contributed by atoms with Gasteiger partial charge in [0.25, 0.3) is 5.56 Å². The number of ketones is 1. The van der Waals surface area contributed by atoms with Crippen LogP contribution in [0.3, 0.4) is 0 Å². The zero-order valence-corrected chi connectivity index (χ0v) is 19.3. The van der Waals surface area contributed by atoms with Crippen LogP contribution in [-0.2, 0) is 6.54 Å². The zero-order valence-electron chi connectivity index (χ0n) is 17.8. The zero-order chi connectivity index (χ0) is 23.7. The molecule has 1 heterocycles. The molecule has 0 atom stereocenters. The molecule has 3 aromatic carbocycles. The van der Waals surface area contributed by atoms with Crippen molar-refractivity contribution in [1.82, 2.24) is 9.78 Å². The van der Waals surface area contributed by atoms with E-state index in [0.29, 0.717) is 33.5 Å². The van der Waals surface area contributed by atoms with Gasteiger partial charge in [0.15, 0.2) is 17.3 Å². The van der Waals surface area contributed by atoms with E-state index in [-0.39, 0.29) is 33.6 Å². The molecule has 0 amide bonds. The largest absolute Gasteiger partial charge is 0.493 e. The fraction of sp³-hybridized carbons (Fsp3) is 0.125. The standard InChI is InChI=1S/C24H19Cl2N3O4/c1-32-20-8-7-13(11-21(20)33-2)23-15-5-3-4-6-16(15)24(31)29(28-23)12-19(30)14-9-17(25)22(27)18(26)10-14/h3-11H,12,27H2,1-2H3. The van der Waals surface area contributed by atoms with Gasteiger partial charge in [-0.15, -0.1) is 0 Å². The van der Waals surface area contributed by atoms with E-state index in [9.17, 15) is 9.59 Å². The second kappa shape index (κ2) is 9.13. The van der Waals surface area contributed by atoms with Crippen molar-refractivity contribution in [1.29, 1.82) is 0 Å². The molecule has 0 aliphatic rings. The molecule has 0 saturated carbocycles. The SMILES string of the molecule is COc1ccc(-c2nn(CC(=O)c3cc(Cl)c(N)c(Cl)c3)c(=O)c3ccccc23)cc1OC. The molecule has 0 radical (unpaired) electrons. The number of nitrogens with zero attached hydrogens (tertiary/aromatic N) is 2. The van der Waals surface area contributed by atoms with Crippen LogP contribution < -0.4 is 20.8 Å². The summed E-state index contributed by atoms with van der Waals surface area (Å²) in [6.07, 6.45) is 0. The van der Waals surface area contributed by atoms with Crippen LogP contribution in [-0.4, -0.2) is 29.8 Å². The van der Waals surface area contributed by atoms with Crippen molar-refractivity contribution in [3.8, 4) is 22.8 Å². The van der Waals surface area contributed by atoms with Gasteiger partial charge >= 0.3 is 0 Å². The number of carbonyl (C=O) groups is 1. The normalized spacial score (nSPS) is 10.9. The molecule has 0 saturated heterocycles. The molecule has 0 aliphatic carbocycles. The number of rotatable bonds is 6. The Morgan fingerprint density at radius 3 is 2.24 bits per heavy atom. The van der Waals surface area contributed by atoms with Crippen LogP contribution in [0.5, 0.6) is 11.5 Å². The Hall–Kier alpha value is -3.55. The second-order valence-electron chi connectivity index (χ2n) is 7.20. The lowest BCUT2D eigenvalue weighted by Gasteiger charge is -2.13. The quantitative estimate of drug-likeness (QED) is 0.311. The molecule has 7 nitrogen and oxygen atoms in total. The summed E-state index contributed by atoms with van der Waals surface area (Å²) in [7, 11) is 3.09. The van der Waals surface area contributed by atoms with Crippen LogP contribution in [0.4, 0.5) is 5.69 Å². The molecule has 1 aromatic heterocycles. The van der Waals surface area contributed by atoms with Gasteiger partial charge in [-0.25, -0.2) is 4.68 Å². The smallest absolute Gasteiger partial charge is 0.275 e. The van der Waals surface area contributed by atoms with Gasteiger partial charge < -0.3 is 15.2 Å². The van der Waals surface area contributed by atoms with Crippen LogP contribution in [0.15, 0.2) is 59.4 Å². The maximum absolute atomic E-state index is 13.1. The average Bonchev–Trinajstić information content (AvgIpc) is 2.83. The number of Topliss-reactive ketones (excluding diaryl/α,β-unsaturated/α-hetero) is 1. The van der Waals surface area contributed by atoms with Crippen molar-refractivity contribution in [2.75, 3.05) is 20.0 Å². The predicted molar refractivity (Wildman–Crippen MR) is 130 cm³/mol. The number of hydrogen-bond donors (Lipinski definition) is 1. The Morgan fingerprint density at radius 1 is 0.970 bits per heavy atom. The van der Waals surface area contributed by atoms with Gasteiger partial charge in [-0.2, -0.15) is 5.10 Å². The van der Waals surface area contributed by atoms with E-state index in [4.69, 9.17) is 38.4 Å². The highest BCUT2D eigenvalue weighted by Crippen LogP contribution is 2.34. The molecule has 33 heavy (non-hydrogen) atoms. The summed E-state index contributed by atoms with van der Waals surface area (Å²) in [5, 5.41) is 5.93. The number of nitrogens with two attached hydrogens (primary N) is 1. The number of halogens is 2. The Morgan fingerprint density at radius 2 is 1.61 bits per heavy atom. The summed E-state index contributed by atoms with van der Waals surface area (Å²) in [6, 6.07) is 15.3. The summed E-state index contributed by atoms with van der Waals surface area (Å²) >= 11 is 12.1. The third-order valence-corrected chi connectivity index (χ3v) is 5.84. The first-order valence-corrected chi connectivity index (χ1v) is 10.6. The molecule has 2 N–H and O–H groups in total. The molecule has 0 fully saturated rings. The van der Waals surface area contributed by atoms with E-state index in [2.05, 4.69) is 5.10 Å². The molecule has 0 bridgehead atoms. The summed E-state index contributed by atoms with van der Waals surface area (Å²) in [6.45, 7) is -0.305. The summed E-state index contributed by atoms with van der Waals surface area (Å²) in [5.41, 5.74) is 7.00. The second-order valence-corrected chi connectivity index (χ2v) is 8.02. The van der Waals surface area contributed by atoms with Gasteiger partial charge in [-0.3, -0.25) is 9.59 Å². The number of ether oxygens (including phenoxy) is 2. The highest BCUT2D eigenvalue weighted by Gasteiger charge is 2.18. The summed E-state index contributed by atoms with van der Waals surface area (Å²) in [4.78, 5) is 26.1. The number of anilines is 1. The van der Waals surface area contributed by atoms with Crippen molar-refractivity contribution in [2.24, 2.45) is 0 Å². The fourth-order valence-electron chi connectivity index (χ4n) is 3.51. The minimum atomic E-state index is -0.393. The Balaban J connectivity index is 1.85. The molecule has 4 rings (SSSR count). The predicted octanol–water partition coefficient (Wildman–Crippen LogP) is 4.85. The van der Waals surface area contributed by atoms with Gasteiger partial charge in [0.05, 0.1) is 41.0 Å². The first kappa shape index (κ1) is 22.6. The molecular formula is C24H19Cl2N3O4. The minimum absolute atomic E-state index is 0.163.